The van der Waals surface area contributed by atoms with Gasteiger partial charge in [-0.05, 0) is 52.5 Å². The Morgan fingerprint density at radius 1 is 1.10 bits per heavy atom. The van der Waals surface area contributed by atoms with Gasteiger partial charge in [-0.2, -0.15) is 0 Å². The molecular weight excluding hydrogens is 268 g/mol. The van der Waals surface area contributed by atoms with Crippen molar-refractivity contribution in [3.05, 3.63) is 0 Å². The SMILES string of the molecule is CCOC(=O)C1CCCCN1CC(=O)N1CCCCC1C. The number of amides is 1. The first-order valence-electron chi connectivity index (χ1n) is 8.33. The smallest absolute Gasteiger partial charge is 0.323 e. The van der Waals surface area contributed by atoms with E-state index >= 15 is 0 Å². The number of carbonyl (C=O) groups is 2. The van der Waals surface area contributed by atoms with Gasteiger partial charge in [0.2, 0.25) is 5.91 Å². The third-order valence-electron chi connectivity index (χ3n) is 4.63. The zero-order chi connectivity index (χ0) is 15.2. The van der Waals surface area contributed by atoms with Crippen molar-refractivity contribution >= 4 is 11.9 Å². The van der Waals surface area contributed by atoms with Gasteiger partial charge < -0.3 is 9.64 Å². The number of hydrogen-bond acceptors (Lipinski definition) is 4. The van der Waals surface area contributed by atoms with Crippen molar-refractivity contribution in [2.24, 2.45) is 0 Å². The van der Waals surface area contributed by atoms with E-state index in [0.29, 0.717) is 19.2 Å². The molecule has 0 radical (unpaired) electrons. The third-order valence-corrected chi connectivity index (χ3v) is 4.63. The molecule has 0 saturated carbocycles. The summed E-state index contributed by atoms with van der Waals surface area (Å²) < 4.78 is 5.15. The van der Waals surface area contributed by atoms with Crippen LogP contribution in [0.2, 0.25) is 0 Å². The number of piperidine rings is 2. The fraction of sp³-hybridized carbons (Fsp3) is 0.875. The lowest BCUT2D eigenvalue weighted by Crippen LogP contribution is -2.52. The maximum atomic E-state index is 12.5. The Morgan fingerprint density at radius 3 is 2.52 bits per heavy atom. The van der Waals surface area contributed by atoms with E-state index in [1.54, 1.807) is 0 Å². The van der Waals surface area contributed by atoms with Crippen molar-refractivity contribution in [2.75, 3.05) is 26.2 Å². The molecule has 2 aliphatic rings. The normalized spacial score (nSPS) is 27.4. The van der Waals surface area contributed by atoms with E-state index in [0.717, 1.165) is 45.2 Å². The summed E-state index contributed by atoms with van der Waals surface area (Å²) in [5.41, 5.74) is 0. The number of hydrogen-bond donors (Lipinski definition) is 0. The molecule has 5 nitrogen and oxygen atoms in total. The van der Waals surface area contributed by atoms with Crippen LogP contribution >= 0.6 is 0 Å². The van der Waals surface area contributed by atoms with Gasteiger partial charge in [-0.3, -0.25) is 14.5 Å². The van der Waals surface area contributed by atoms with Crippen LogP contribution in [0.1, 0.15) is 52.4 Å². The van der Waals surface area contributed by atoms with Gasteiger partial charge in [0.05, 0.1) is 13.2 Å². The molecule has 0 aromatic rings. The molecule has 21 heavy (non-hydrogen) atoms. The van der Waals surface area contributed by atoms with Crippen molar-refractivity contribution in [3.63, 3.8) is 0 Å². The number of rotatable bonds is 4. The third kappa shape index (κ3) is 4.19. The Morgan fingerprint density at radius 2 is 1.81 bits per heavy atom. The van der Waals surface area contributed by atoms with Gasteiger partial charge in [0.1, 0.15) is 6.04 Å². The highest BCUT2D eigenvalue weighted by Gasteiger charge is 2.33. The van der Waals surface area contributed by atoms with Crippen LogP contribution in [0.25, 0.3) is 0 Å². The second-order valence-electron chi connectivity index (χ2n) is 6.17. The average Bonchev–Trinajstić information content (AvgIpc) is 2.48. The second-order valence-corrected chi connectivity index (χ2v) is 6.17. The average molecular weight is 296 g/mol. The minimum absolute atomic E-state index is 0.165. The summed E-state index contributed by atoms with van der Waals surface area (Å²) in [6, 6.07) is 0.0971. The van der Waals surface area contributed by atoms with Gasteiger partial charge >= 0.3 is 5.97 Å². The molecule has 2 atom stereocenters. The maximum absolute atomic E-state index is 12.5. The Bertz CT molecular complexity index is 373. The van der Waals surface area contributed by atoms with Crippen LogP contribution in [0.3, 0.4) is 0 Å². The van der Waals surface area contributed by atoms with E-state index in [-0.39, 0.29) is 17.9 Å². The zero-order valence-corrected chi connectivity index (χ0v) is 13.3. The maximum Gasteiger partial charge on any atom is 0.323 e. The van der Waals surface area contributed by atoms with Crippen molar-refractivity contribution < 1.29 is 14.3 Å². The molecule has 0 aromatic heterocycles. The summed E-state index contributed by atoms with van der Waals surface area (Å²) in [6.07, 6.45) is 6.29. The molecule has 0 spiro atoms. The van der Waals surface area contributed by atoms with Gasteiger partial charge in [0, 0.05) is 12.6 Å². The highest BCUT2D eigenvalue weighted by Crippen LogP contribution is 2.21. The summed E-state index contributed by atoms with van der Waals surface area (Å²) in [5.74, 6) is -0.00455. The zero-order valence-electron chi connectivity index (χ0n) is 13.3. The first kappa shape index (κ1) is 16.3. The standard InChI is InChI=1S/C16H28N2O3/c1-3-21-16(20)14-9-5-6-10-17(14)12-15(19)18-11-7-4-8-13(18)2/h13-14H,3-12H2,1-2H3. The molecule has 0 aromatic carbocycles. The fourth-order valence-corrected chi connectivity index (χ4v) is 3.42. The molecule has 0 N–H and O–H groups in total. The van der Waals surface area contributed by atoms with Crippen LogP contribution < -0.4 is 0 Å². The van der Waals surface area contributed by atoms with E-state index in [1.807, 2.05) is 16.7 Å². The van der Waals surface area contributed by atoms with Crippen LogP contribution in [0.5, 0.6) is 0 Å². The Labute approximate surface area is 127 Å². The van der Waals surface area contributed by atoms with E-state index in [9.17, 15) is 9.59 Å². The van der Waals surface area contributed by atoms with Crippen LogP contribution in [0.15, 0.2) is 0 Å². The molecule has 0 aliphatic carbocycles. The van der Waals surface area contributed by atoms with Crippen molar-refractivity contribution in [1.29, 1.82) is 0 Å². The van der Waals surface area contributed by atoms with Gasteiger partial charge in [0.25, 0.3) is 0 Å². The molecule has 2 unspecified atom stereocenters. The Hall–Kier alpha value is -1.10. The lowest BCUT2D eigenvalue weighted by Gasteiger charge is -2.38. The summed E-state index contributed by atoms with van der Waals surface area (Å²) in [6.45, 7) is 6.38. The van der Waals surface area contributed by atoms with Gasteiger partial charge in [-0.1, -0.05) is 6.42 Å². The Kier molecular flexibility index (Phi) is 6.03. The quantitative estimate of drug-likeness (QED) is 0.742. The molecule has 1 amide bonds. The molecule has 2 heterocycles. The van der Waals surface area contributed by atoms with Crippen LogP contribution in [-0.4, -0.2) is 60.0 Å². The molecule has 2 fully saturated rings. The molecule has 2 saturated heterocycles. The number of nitrogens with zero attached hydrogens (tertiary/aromatic N) is 2. The number of likely N-dealkylation sites (tertiary alicyclic amines) is 2. The minimum atomic E-state index is -0.234. The first-order chi connectivity index (χ1) is 10.1. The van der Waals surface area contributed by atoms with Crippen molar-refractivity contribution in [3.8, 4) is 0 Å². The van der Waals surface area contributed by atoms with E-state index in [1.165, 1.54) is 6.42 Å². The van der Waals surface area contributed by atoms with Crippen molar-refractivity contribution in [1.82, 2.24) is 9.80 Å². The molecule has 2 aliphatic heterocycles. The predicted molar refractivity (Wildman–Crippen MR) is 80.9 cm³/mol. The summed E-state index contributed by atoms with van der Waals surface area (Å²) in [7, 11) is 0. The van der Waals surface area contributed by atoms with E-state index in [2.05, 4.69) is 6.92 Å². The molecular formula is C16H28N2O3. The first-order valence-corrected chi connectivity index (χ1v) is 8.33. The van der Waals surface area contributed by atoms with Gasteiger partial charge in [-0.25, -0.2) is 0 Å². The molecule has 5 heteroatoms. The van der Waals surface area contributed by atoms with E-state index in [4.69, 9.17) is 4.74 Å². The van der Waals surface area contributed by atoms with Crippen molar-refractivity contribution in [2.45, 2.75) is 64.5 Å². The predicted octanol–water partition coefficient (Wildman–Crippen LogP) is 1.80. The lowest BCUT2D eigenvalue weighted by molar-refractivity contribution is -0.152. The highest BCUT2D eigenvalue weighted by molar-refractivity contribution is 5.81. The van der Waals surface area contributed by atoms with Crippen LogP contribution in [0.4, 0.5) is 0 Å². The fourth-order valence-electron chi connectivity index (χ4n) is 3.42. The monoisotopic (exact) mass is 296 g/mol. The van der Waals surface area contributed by atoms with E-state index < -0.39 is 0 Å². The largest absolute Gasteiger partial charge is 0.465 e. The highest BCUT2D eigenvalue weighted by atomic mass is 16.5. The Balaban J connectivity index is 1.94. The summed E-state index contributed by atoms with van der Waals surface area (Å²) in [5, 5.41) is 0. The summed E-state index contributed by atoms with van der Waals surface area (Å²) in [4.78, 5) is 28.6. The molecule has 0 bridgehead atoms. The number of ether oxygens (including phenoxy) is 1. The van der Waals surface area contributed by atoms with Gasteiger partial charge in [-0.15, -0.1) is 0 Å². The summed E-state index contributed by atoms with van der Waals surface area (Å²) >= 11 is 0. The van der Waals surface area contributed by atoms with Crippen LogP contribution in [-0.2, 0) is 14.3 Å². The number of esters is 1. The lowest BCUT2D eigenvalue weighted by atomic mass is 10.0. The molecule has 120 valence electrons. The van der Waals surface area contributed by atoms with Crippen LogP contribution in [0, 0.1) is 0 Å². The second kappa shape index (κ2) is 7.78. The number of carbonyl (C=O) groups excluding carboxylic acids is 2. The van der Waals surface area contributed by atoms with Gasteiger partial charge in [0.15, 0.2) is 0 Å². The molecule has 2 rings (SSSR count). The topological polar surface area (TPSA) is 49.9 Å². The minimum Gasteiger partial charge on any atom is -0.465 e.